The van der Waals surface area contributed by atoms with E-state index in [0.717, 1.165) is 51.3 Å². The molecule has 9 heteroatoms. The number of likely N-dealkylation sites (N-methyl/N-ethyl adjacent to an activating group) is 2. The number of anilines is 1. The fourth-order valence-corrected chi connectivity index (χ4v) is 3.93. The molecule has 0 amide bonds. The monoisotopic (exact) mass is 427 g/mol. The second-order valence-electron chi connectivity index (χ2n) is 8.17. The molecule has 0 unspecified atom stereocenters. The zero-order chi connectivity index (χ0) is 21.9. The number of hydrogen-bond acceptors (Lipinski definition) is 7. The van der Waals surface area contributed by atoms with Crippen molar-refractivity contribution in [2.75, 3.05) is 45.7 Å². The van der Waals surface area contributed by atoms with Crippen LogP contribution >= 0.6 is 11.3 Å². The number of rotatable bonds is 8. The second-order valence-corrected chi connectivity index (χ2v) is 9.18. The highest BCUT2D eigenvalue weighted by atomic mass is 32.1. The van der Waals surface area contributed by atoms with Gasteiger partial charge in [-0.1, -0.05) is 11.3 Å². The Balaban J connectivity index is 1.75. The maximum atomic E-state index is 11.0. The van der Waals surface area contributed by atoms with Crippen molar-refractivity contribution in [3.05, 3.63) is 52.1 Å². The van der Waals surface area contributed by atoms with Crippen molar-refractivity contribution >= 4 is 43.7 Å². The molecule has 30 heavy (non-hydrogen) atoms. The molecule has 0 saturated carbocycles. The number of hydrogen-bond donors (Lipinski definition) is 0. The first-order chi connectivity index (χ1) is 14.2. The van der Waals surface area contributed by atoms with Gasteiger partial charge >= 0.3 is 0 Å². The van der Waals surface area contributed by atoms with Gasteiger partial charge in [0.2, 0.25) is 5.13 Å². The number of nitrogens with zero attached hydrogens (tertiary/aromatic N) is 6. The van der Waals surface area contributed by atoms with E-state index in [0.29, 0.717) is 5.13 Å². The van der Waals surface area contributed by atoms with Gasteiger partial charge in [0.1, 0.15) is 0 Å². The lowest BCUT2D eigenvalue weighted by Crippen LogP contribution is -2.42. The van der Waals surface area contributed by atoms with Crippen LogP contribution in [0.15, 0.2) is 46.6 Å². The van der Waals surface area contributed by atoms with Gasteiger partial charge in [0.25, 0.3) is 5.69 Å². The van der Waals surface area contributed by atoms with E-state index in [1.54, 1.807) is 0 Å². The molecule has 158 valence electrons. The van der Waals surface area contributed by atoms with Crippen LogP contribution in [0.3, 0.4) is 0 Å². The highest BCUT2D eigenvalue weighted by Gasteiger charge is 2.14. The smallest absolute Gasteiger partial charge is 0.271 e. The van der Waals surface area contributed by atoms with Crippen LogP contribution < -0.4 is 4.90 Å². The largest absolute Gasteiger partial charge is 0.366 e. The molecule has 0 aliphatic rings. The third-order valence-electron chi connectivity index (χ3n) is 4.76. The molecule has 0 radical (unpaired) electrons. The number of fused-ring (bicyclic) bond motifs is 1. The van der Waals surface area contributed by atoms with Gasteiger partial charge in [-0.2, -0.15) is 0 Å². The molecule has 1 aromatic heterocycles. The first-order valence-electron chi connectivity index (χ1n) is 9.79. The number of benzene rings is 2. The SMILES string of the molecule is CCN(CC[N+](C)(C)C)c1ccc(N=Nc2nc3c(C)cc([N+](=O)[O-])cc3s2)cc1. The summed E-state index contributed by atoms with van der Waals surface area (Å²) in [5, 5.41) is 20.1. The maximum Gasteiger partial charge on any atom is 0.271 e. The Morgan fingerprint density at radius 3 is 2.47 bits per heavy atom. The van der Waals surface area contributed by atoms with Crippen LogP contribution in [0.5, 0.6) is 0 Å². The Kier molecular flexibility index (Phi) is 6.42. The Labute approximate surface area is 180 Å². The number of nitro groups is 1. The highest BCUT2D eigenvalue weighted by molar-refractivity contribution is 7.22. The summed E-state index contributed by atoms with van der Waals surface area (Å²) in [6, 6.07) is 11.1. The van der Waals surface area contributed by atoms with Gasteiger partial charge in [0.05, 0.1) is 55.1 Å². The lowest BCUT2D eigenvalue weighted by atomic mass is 10.2. The fourth-order valence-electron chi connectivity index (χ4n) is 3.04. The minimum Gasteiger partial charge on any atom is -0.366 e. The van der Waals surface area contributed by atoms with E-state index < -0.39 is 4.92 Å². The van der Waals surface area contributed by atoms with E-state index in [1.807, 2.05) is 19.1 Å². The first-order valence-corrected chi connectivity index (χ1v) is 10.6. The number of nitro benzene ring substituents is 1. The van der Waals surface area contributed by atoms with Crippen LogP contribution in [0.1, 0.15) is 12.5 Å². The van der Waals surface area contributed by atoms with E-state index in [4.69, 9.17) is 0 Å². The molecule has 8 nitrogen and oxygen atoms in total. The van der Waals surface area contributed by atoms with Crippen molar-refractivity contribution < 1.29 is 9.41 Å². The summed E-state index contributed by atoms with van der Waals surface area (Å²) in [5.74, 6) is 0. The molecule has 0 aliphatic carbocycles. The Bertz CT molecular complexity index is 1070. The summed E-state index contributed by atoms with van der Waals surface area (Å²) in [4.78, 5) is 17.5. The van der Waals surface area contributed by atoms with Gasteiger partial charge in [-0.3, -0.25) is 10.1 Å². The Hall–Kier alpha value is -2.91. The van der Waals surface area contributed by atoms with Crippen LogP contribution in [-0.2, 0) is 0 Å². The zero-order valence-electron chi connectivity index (χ0n) is 18.0. The van der Waals surface area contributed by atoms with Gasteiger partial charge < -0.3 is 9.38 Å². The van der Waals surface area contributed by atoms with E-state index in [2.05, 4.69) is 60.3 Å². The number of quaternary nitrogens is 1. The molecular weight excluding hydrogens is 400 g/mol. The summed E-state index contributed by atoms with van der Waals surface area (Å²) in [6.07, 6.45) is 0. The third-order valence-corrected chi connectivity index (χ3v) is 5.64. The summed E-state index contributed by atoms with van der Waals surface area (Å²) >= 11 is 1.30. The van der Waals surface area contributed by atoms with Crippen molar-refractivity contribution in [2.24, 2.45) is 10.2 Å². The van der Waals surface area contributed by atoms with Crippen LogP contribution in [0, 0.1) is 17.0 Å². The van der Waals surface area contributed by atoms with Crippen LogP contribution in [0.4, 0.5) is 22.2 Å². The van der Waals surface area contributed by atoms with E-state index >= 15 is 0 Å². The Morgan fingerprint density at radius 2 is 1.87 bits per heavy atom. The van der Waals surface area contributed by atoms with Crippen molar-refractivity contribution in [3.8, 4) is 0 Å². The minimum atomic E-state index is -0.394. The zero-order valence-corrected chi connectivity index (χ0v) is 18.8. The lowest BCUT2D eigenvalue weighted by molar-refractivity contribution is -0.868. The quantitative estimate of drug-likeness (QED) is 0.207. The van der Waals surface area contributed by atoms with Gasteiger partial charge in [-0.05, 0) is 43.7 Å². The van der Waals surface area contributed by atoms with Gasteiger partial charge in [-0.15, -0.1) is 10.2 Å². The predicted octanol–water partition coefficient (Wildman–Crippen LogP) is 5.46. The average Bonchev–Trinajstić information content (AvgIpc) is 3.10. The number of aromatic nitrogens is 1. The highest BCUT2D eigenvalue weighted by Crippen LogP contribution is 2.34. The van der Waals surface area contributed by atoms with Gasteiger partial charge in [0, 0.05) is 24.4 Å². The summed E-state index contributed by atoms with van der Waals surface area (Å²) < 4.78 is 1.66. The predicted molar refractivity (Wildman–Crippen MR) is 122 cm³/mol. The number of aryl methyl sites for hydroxylation is 1. The van der Waals surface area contributed by atoms with Crippen LogP contribution in [0.2, 0.25) is 0 Å². The molecule has 3 rings (SSSR count). The maximum absolute atomic E-state index is 11.0. The summed E-state index contributed by atoms with van der Waals surface area (Å²) in [5.41, 5.74) is 3.45. The fraction of sp³-hybridized carbons (Fsp3) is 0.381. The standard InChI is InChI=1S/C21H27N6O2S/c1-6-25(11-12-27(3,4)5)17-9-7-16(8-10-17)23-24-21-22-20-15(2)13-18(26(28)29)14-19(20)30-21/h7-10,13-14H,6,11-12H2,1-5H3/q+1. The van der Waals surface area contributed by atoms with Crippen LogP contribution in [0.25, 0.3) is 10.2 Å². The van der Waals surface area contributed by atoms with Crippen molar-refractivity contribution in [2.45, 2.75) is 13.8 Å². The Morgan fingerprint density at radius 1 is 1.17 bits per heavy atom. The number of non-ortho nitro benzene ring substituents is 1. The van der Waals surface area contributed by atoms with E-state index in [9.17, 15) is 10.1 Å². The topological polar surface area (TPSA) is 84.0 Å². The average molecular weight is 428 g/mol. The summed E-state index contributed by atoms with van der Waals surface area (Å²) in [7, 11) is 6.58. The molecule has 0 aliphatic heterocycles. The van der Waals surface area contributed by atoms with Crippen LogP contribution in [-0.4, -0.2) is 55.2 Å². The molecule has 0 atom stereocenters. The second kappa shape index (κ2) is 8.85. The molecule has 0 bridgehead atoms. The first kappa shape index (κ1) is 21.8. The van der Waals surface area contributed by atoms with Crippen molar-refractivity contribution in [3.63, 3.8) is 0 Å². The van der Waals surface area contributed by atoms with Gasteiger partial charge in [-0.25, -0.2) is 4.98 Å². The normalized spacial score (nSPS) is 12.0. The minimum absolute atomic E-state index is 0.0634. The summed E-state index contributed by atoms with van der Waals surface area (Å²) in [6.45, 7) is 6.95. The molecule has 3 aromatic rings. The number of azo groups is 1. The molecule has 0 saturated heterocycles. The molecular formula is C21H27N6O2S+. The van der Waals surface area contributed by atoms with E-state index in [-0.39, 0.29) is 5.69 Å². The molecule has 0 spiro atoms. The van der Waals surface area contributed by atoms with Crippen molar-refractivity contribution in [1.82, 2.24) is 4.98 Å². The number of thiazole rings is 1. The van der Waals surface area contributed by atoms with Gasteiger partial charge in [0.15, 0.2) is 0 Å². The molecule has 0 N–H and O–H groups in total. The molecule has 2 aromatic carbocycles. The third kappa shape index (κ3) is 5.37. The van der Waals surface area contributed by atoms with Crippen molar-refractivity contribution in [1.29, 1.82) is 0 Å². The molecule has 1 heterocycles. The molecule has 0 fully saturated rings. The van der Waals surface area contributed by atoms with E-state index in [1.165, 1.54) is 23.5 Å². The lowest BCUT2D eigenvalue weighted by Gasteiger charge is -2.29.